The lowest BCUT2D eigenvalue weighted by molar-refractivity contribution is -0.114. The zero-order valence-electron chi connectivity index (χ0n) is 21.5. The van der Waals surface area contributed by atoms with Crippen LogP contribution in [0.5, 0.6) is 0 Å². The van der Waals surface area contributed by atoms with E-state index in [9.17, 15) is 22.4 Å². The molecule has 1 aliphatic rings. The number of sulfonamides is 1. The number of furan rings is 1. The molecule has 0 saturated heterocycles. The first-order valence-electron chi connectivity index (χ1n) is 12.2. The van der Waals surface area contributed by atoms with Crippen molar-refractivity contribution >= 4 is 50.9 Å². The maximum absolute atomic E-state index is 13.1. The number of anilines is 1. The van der Waals surface area contributed by atoms with Crippen LogP contribution >= 0.6 is 11.6 Å². The fraction of sp³-hybridized carbons (Fsp3) is 0.0690. The number of halogens is 2. The first-order chi connectivity index (χ1) is 19.5. The molecule has 0 aliphatic carbocycles. The number of hydrazone groups is 1. The van der Waals surface area contributed by atoms with Crippen LogP contribution in [-0.4, -0.2) is 25.9 Å². The normalized spacial score (nSPS) is 14.4. The number of benzene rings is 3. The Labute approximate surface area is 239 Å². The van der Waals surface area contributed by atoms with Crippen LogP contribution in [0.4, 0.5) is 10.1 Å². The average molecular weight is 593 g/mol. The van der Waals surface area contributed by atoms with Gasteiger partial charge in [0.25, 0.3) is 11.8 Å². The Morgan fingerprint density at radius 1 is 1.07 bits per heavy atom. The summed E-state index contributed by atoms with van der Waals surface area (Å²) in [6.45, 7) is 1.86. The lowest BCUT2D eigenvalue weighted by atomic mass is 10.1. The molecule has 0 atom stereocenters. The second-order valence-electron chi connectivity index (χ2n) is 9.11. The van der Waals surface area contributed by atoms with E-state index in [0.717, 1.165) is 10.6 Å². The monoisotopic (exact) mass is 592 g/mol. The van der Waals surface area contributed by atoms with Crippen molar-refractivity contribution < 1.29 is 26.8 Å². The second kappa shape index (κ2) is 11.1. The van der Waals surface area contributed by atoms with E-state index in [2.05, 4.69) is 10.4 Å². The minimum Gasteiger partial charge on any atom is -0.457 e. The average Bonchev–Trinajstić information content (AvgIpc) is 3.53. The zero-order valence-corrected chi connectivity index (χ0v) is 23.0. The molecule has 41 heavy (non-hydrogen) atoms. The van der Waals surface area contributed by atoms with Crippen LogP contribution in [0.15, 0.2) is 98.8 Å². The van der Waals surface area contributed by atoms with Crippen LogP contribution in [0, 0.1) is 5.82 Å². The minimum atomic E-state index is -3.87. The Bertz CT molecular complexity index is 1830. The highest BCUT2D eigenvalue weighted by atomic mass is 35.5. The molecular weight excluding hydrogens is 571 g/mol. The number of amides is 2. The minimum absolute atomic E-state index is 0.0804. The van der Waals surface area contributed by atoms with Crippen LogP contribution in [0.2, 0.25) is 5.02 Å². The van der Waals surface area contributed by atoms with Gasteiger partial charge in [-0.25, -0.2) is 17.9 Å². The van der Waals surface area contributed by atoms with E-state index in [4.69, 9.17) is 21.2 Å². The Morgan fingerprint density at radius 3 is 2.46 bits per heavy atom. The summed E-state index contributed by atoms with van der Waals surface area (Å²) < 4.78 is 42.1. The van der Waals surface area contributed by atoms with Crippen molar-refractivity contribution in [1.82, 2.24) is 5.32 Å². The van der Waals surface area contributed by atoms with Crippen LogP contribution in [0.3, 0.4) is 0 Å². The molecule has 0 spiro atoms. The standard InChI is InChI=1S/C29H22ClFN4O5S/c1-17-24(29(37)35(34-17)21-7-10-23(11-8-21)41(32,38)39)15-22-9-13-27(40-22)19-4-12-26(30)25(14-19)28(36)33-16-18-2-5-20(31)6-3-18/h2-15H,16H2,1H3,(H,33,36)(H2,32,38,39). The van der Waals surface area contributed by atoms with Crippen LogP contribution in [0.25, 0.3) is 17.4 Å². The second-order valence-corrected chi connectivity index (χ2v) is 11.1. The number of carbonyl (C=O) groups is 2. The summed E-state index contributed by atoms with van der Waals surface area (Å²) in [5.41, 5.74) is 2.66. The number of rotatable bonds is 7. The van der Waals surface area contributed by atoms with Crippen molar-refractivity contribution in [2.75, 3.05) is 5.01 Å². The lowest BCUT2D eigenvalue weighted by Crippen LogP contribution is -2.23. The van der Waals surface area contributed by atoms with E-state index < -0.39 is 21.8 Å². The Morgan fingerprint density at radius 2 is 1.78 bits per heavy atom. The maximum atomic E-state index is 13.1. The number of nitrogens with one attached hydrogen (secondary N) is 1. The Hall–Kier alpha value is -4.58. The number of hydrogen-bond acceptors (Lipinski definition) is 6. The highest BCUT2D eigenvalue weighted by molar-refractivity contribution is 7.89. The molecule has 0 bridgehead atoms. The van der Waals surface area contributed by atoms with Gasteiger partial charge in [0, 0.05) is 12.1 Å². The molecule has 3 aromatic carbocycles. The molecule has 1 aliphatic heterocycles. The topological polar surface area (TPSA) is 135 Å². The first kappa shape index (κ1) is 28.0. The predicted molar refractivity (Wildman–Crippen MR) is 153 cm³/mol. The number of primary sulfonamides is 1. The summed E-state index contributed by atoms with van der Waals surface area (Å²) in [5, 5.41) is 13.6. The van der Waals surface area contributed by atoms with Gasteiger partial charge in [0.15, 0.2) is 0 Å². The number of carbonyl (C=O) groups excluding carboxylic acids is 2. The zero-order chi connectivity index (χ0) is 29.3. The van der Waals surface area contributed by atoms with Crippen molar-refractivity contribution in [1.29, 1.82) is 0 Å². The summed E-state index contributed by atoms with van der Waals surface area (Å²) in [7, 11) is -3.87. The molecule has 0 radical (unpaired) electrons. The SMILES string of the molecule is CC1=NN(c2ccc(S(N)(=O)=O)cc2)C(=O)C1=Cc1ccc(-c2ccc(Cl)c(C(=O)NCc3ccc(F)cc3)c2)o1. The van der Waals surface area contributed by atoms with E-state index in [0.29, 0.717) is 34.1 Å². The lowest BCUT2D eigenvalue weighted by Gasteiger charge is -2.12. The molecule has 208 valence electrons. The molecule has 3 N–H and O–H groups in total. The summed E-state index contributed by atoms with van der Waals surface area (Å²) in [6, 6.07) is 19.5. The van der Waals surface area contributed by atoms with E-state index >= 15 is 0 Å². The third kappa shape index (κ3) is 6.12. The molecule has 0 saturated carbocycles. The molecule has 12 heteroatoms. The van der Waals surface area contributed by atoms with Crippen molar-refractivity contribution in [2.24, 2.45) is 10.2 Å². The highest BCUT2D eigenvalue weighted by Gasteiger charge is 2.29. The molecular formula is C29H22ClFN4O5S. The van der Waals surface area contributed by atoms with Gasteiger partial charge in [0.1, 0.15) is 17.3 Å². The number of nitrogens with two attached hydrogens (primary N) is 1. The molecule has 0 fully saturated rings. The third-order valence-corrected chi connectivity index (χ3v) is 7.51. The molecule has 2 amide bonds. The molecule has 1 aromatic heterocycles. The summed E-state index contributed by atoms with van der Waals surface area (Å²) >= 11 is 6.28. The van der Waals surface area contributed by atoms with Gasteiger partial charge in [-0.2, -0.15) is 10.1 Å². The Balaban J connectivity index is 1.32. The molecule has 9 nitrogen and oxygen atoms in total. The highest BCUT2D eigenvalue weighted by Crippen LogP contribution is 2.30. The van der Waals surface area contributed by atoms with Gasteiger partial charge >= 0.3 is 0 Å². The largest absolute Gasteiger partial charge is 0.457 e. The van der Waals surface area contributed by atoms with E-state index in [-0.39, 0.29) is 27.8 Å². The van der Waals surface area contributed by atoms with Crippen LogP contribution in [0.1, 0.15) is 28.6 Å². The van der Waals surface area contributed by atoms with Gasteiger partial charge in [-0.05, 0) is 85.3 Å². The van der Waals surface area contributed by atoms with Gasteiger partial charge < -0.3 is 9.73 Å². The van der Waals surface area contributed by atoms with Crippen LogP contribution < -0.4 is 15.5 Å². The summed E-state index contributed by atoms with van der Waals surface area (Å²) in [4.78, 5) is 25.8. The molecule has 4 aromatic rings. The number of hydrogen-bond donors (Lipinski definition) is 2. The summed E-state index contributed by atoms with van der Waals surface area (Å²) in [6.07, 6.45) is 1.55. The van der Waals surface area contributed by atoms with Gasteiger partial charge in [-0.1, -0.05) is 23.7 Å². The maximum Gasteiger partial charge on any atom is 0.280 e. The van der Waals surface area contributed by atoms with Gasteiger partial charge in [0.05, 0.1) is 32.5 Å². The quantitative estimate of drug-likeness (QED) is 0.287. The smallest absolute Gasteiger partial charge is 0.280 e. The van der Waals surface area contributed by atoms with E-state index in [1.165, 1.54) is 36.4 Å². The molecule has 2 heterocycles. The summed E-state index contributed by atoms with van der Waals surface area (Å²) in [5.74, 6) is -0.372. The van der Waals surface area contributed by atoms with E-state index in [1.54, 1.807) is 55.5 Å². The van der Waals surface area contributed by atoms with Crippen molar-refractivity contribution in [3.63, 3.8) is 0 Å². The van der Waals surface area contributed by atoms with Crippen molar-refractivity contribution in [3.05, 3.63) is 112 Å². The van der Waals surface area contributed by atoms with Gasteiger partial charge in [-0.15, -0.1) is 0 Å². The van der Waals surface area contributed by atoms with Crippen molar-refractivity contribution in [2.45, 2.75) is 18.4 Å². The molecule has 0 unspecified atom stereocenters. The fourth-order valence-corrected chi connectivity index (χ4v) is 4.82. The van der Waals surface area contributed by atoms with E-state index in [1.807, 2.05) is 0 Å². The van der Waals surface area contributed by atoms with Crippen LogP contribution in [-0.2, 0) is 21.4 Å². The van der Waals surface area contributed by atoms with Crippen molar-refractivity contribution in [3.8, 4) is 11.3 Å². The fourth-order valence-electron chi connectivity index (χ4n) is 4.10. The van der Waals surface area contributed by atoms with Gasteiger partial charge in [0.2, 0.25) is 10.0 Å². The predicted octanol–water partition coefficient (Wildman–Crippen LogP) is 5.12. The first-order valence-corrected chi connectivity index (χ1v) is 14.1. The van der Waals surface area contributed by atoms with Gasteiger partial charge in [-0.3, -0.25) is 9.59 Å². The number of nitrogens with zero attached hydrogens (tertiary/aromatic N) is 2. The molecule has 5 rings (SSSR count). The third-order valence-electron chi connectivity index (χ3n) is 6.25. The Kier molecular flexibility index (Phi) is 7.59.